The minimum absolute atomic E-state index is 1.57. The minimum Gasteiger partial charge on any atom is -0.247 e. The Morgan fingerprint density at radius 1 is 1.33 bits per heavy atom. The lowest BCUT2D eigenvalue weighted by molar-refractivity contribution is 0.834. The van der Waals surface area contributed by atoms with Crippen molar-refractivity contribution in [3.05, 3.63) is 12.4 Å². The van der Waals surface area contributed by atoms with Crippen LogP contribution in [-0.2, 0) is 0 Å². The maximum atomic E-state index is 3.60. The van der Waals surface area contributed by atoms with Crippen LogP contribution in [0.5, 0.6) is 0 Å². The van der Waals surface area contributed by atoms with Gasteiger partial charge in [-0.1, -0.05) is 0 Å². The maximum absolute atomic E-state index is 3.60. The number of nitrogens with zero attached hydrogens (tertiary/aromatic N) is 1. The number of hydrogen-bond donors (Lipinski definition) is 2. The standard InChI is InChI=1S/C3H5N3/c1-2-5-6-3-4-1/h1-5H/q+1. The highest BCUT2D eigenvalue weighted by atomic mass is 15.3. The molecule has 0 saturated heterocycles. The highest BCUT2D eigenvalue weighted by Gasteiger charge is 1.83. The van der Waals surface area contributed by atoms with Gasteiger partial charge in [-0.3, -0.25) is 0 Å². The van der Waals surface area contributed by atoms with Gasteiger partial charge in [-0.2, -0.15) is 5.43 Å². The first-order chi connectivity index (χ1) is 3.00. The van der Waals surface area contributed by atoms with Crippen LogP contribution in [0.4, 0.5) is 0 Å². The van der Waals surface area contributed by atoms with E-state index in [1.54, 1.807) is 18.7 Å². The van der Waals surface area contributed by atoms with Crippen LogP contribution >= 0.6 is 0 Å². The zero-order chi connectivity index (χ0) is 4.24. The molecule has 0 amide bonds. The molecule has 0 bridgehead atoms. The molecule has 1 heterocycles. The first-order valence-electron chi connectivity index (χ1n) is 1.68. The summed E-state index contributed by atoms with van der Waals surface area (Å²) in [4.78, 5) is 0. The monoisotopic (exact) mass is 83.0 g/mol. The van der Waals surface area contributed by atoms with Gasteiger partial charge in [0.25, 0.3) is 0 Å². The molecule has 2 N–H and O–H groups in total. The molecule has 1 aliphatic heterocycles. The Bertz CT molecular complexity index is 64.0. The zero-order valence-electron chi connectivity index (χ0n) is 3.18. The van der Waals surface area contributed by atoms with Gasteiger partial charge in [0.05, 0.1) is 6.20 Å². The SMILES string of the molecule is C1=CN[N+]=CN1. The quantitative estimate of drug-likeness (QED) is 0.391. The average Bonchev–Trinajstić information content (AvgIpc) is 1.72. The molecule has 0 aromatic rings. The summed E-state index contributed by atoms with van der Waals surface area (Å²) < 4.78 is 0. The van der Waals surface area contributed by atoms with Gasteiger partial charge in [0.2, 0.25) is 0 Å². The Morgan fingerprint density at radius 2 is 2.33 bits per heavy atom. The van der Waals surface area contributed by atoms with Crippen molar-refractivity contribution in [1.82, 2.24) is 15.8 Å². The van der Waals surface area contributed by atoms with Gasteiger partial charge in [0.1, 0.15) is 6.20 Å². The molecule has 1 radical (unpaired) electrons. The van der Waals surface area contributed by atoms with Crippen molar-refractivity contribution in [2.45, 2.75) is 0 Å². The summed E-state index contributed by atoms with van der Waals surface area (Å²) in [5.41, 5.74) is 2.61. The third-order valence-corrected chi connectivity index (χ3v) is 0.468. The topological polar surface area (TPSA) is 38.2 Å². The lowest BCUT2D eigenvalue weighted by Crippen LogP contribution is -2.21. The van der Waals surface area contributed by atoms with Crippen molar-refractivity contribution in [3.8, 4) is 0 Å². The lowest BCUT2D eigenvalue weighted by Gasteiger charge is -1.82. The molecule has 0 aromatic heterocycles. The fraction of sp³-hybridized carbons (Fsp3) is 0. The molecule has 0 fully saturated rings. The maximum Gasteiger partial charge on any atom is 0.309 e. The Morgan fingerprint density at radius 3 is 2.50 bits per heavy atom. The largest absolute Gasteiger partial charge is 0.309 e. The molecule has 0 atom stereocenters. The van der Waals surface area contributed by atoms with E-state index in [-0.39, 0.29) is 0 Å². The average molecular weight is 83.1 g/mol. The highest BCUT2D eigenvalue weighted by molar-refractivity contribution is 5.54. The van der Waals surface area contributed by atoms with Crippen molar-refractivity contribution < 1.29 is 0 Å². The number of nitrogens with one attached hydrogen (secondary N) is 2. The van der Waals surface area contributed by atoms with E-state index in [1.165, 1.54) is 0 Å². The molecule has 3 heteroatoms. The molecule has 0 spiro atoms. The molecule has 1 rings (SSSR count). The summed E-state index contributed by atoms with van der Waals surface area (Å²) in [5, 5.41) is 6.35. The number of rotatable bonds is 0. The Kier molecular flexibility index (Phi) is 0.774. The van der Waals surface area contributed by atoms with E-state index in [0.29, 0.717) is 0 Å². The lowest BCUT2D eigenvalue weighted by atomic mass is 10.9. The molecular formula is C3H5N3+. The second kappa shape index (κ2) is 1.45. The van der Waals surface area contributed by atoms with E-state index >= 15 is 0 Å². The van der Waals surface area contributed by atoms with Crippen LogP contribution < -0.4 is 15.8 Å². The van der Waals surface area contributed by atoms with Crippen molar-refractivity contribution in [1.29, 1.82) is 0 Å². The smallest absolute Gasteiger partial charge is 0.247 e. The summed E-state index contributed by atoms with van der Waals surface area (Å²) in [6.07, 6.45) is 5.03. The van der Waals surface area contributed by atoms with E-state index in [4.69, 9.17) is 0 Å². The minimum atomic E-state index is 1.57. The Hall–Kier alpha value is -0.990. The van der Waals surface area contributed by atoms with Gasteiger partial charge in [0, 0.05) is 5.10 Å². The van der Waals surface area contributed by atoms with Crippen LogP contribution in [0.15, 0.2) is 12.4 Å². The van der Waals surface area contributed by atoms with E-state index < -0.39 is 0 Å². The van der Waals surface area contributed by atoms with Gasteiger partial charge in [-0.05, 0) is 0 Å². The molecule has 1 aliphatic rings. The summed E-state index contributed by atoms with van der Waals surface area (Å²) in [7, 11) is 0. The third kappa shape index (κ3) is 0.484. The van der Waals surface area contributed by atoms with Crippen LogP contribution in [0.3, 0.4) is 0 Å². The molecule has 6 heavy (non-hydrogen) atoms. The molecule has 31 valence electrons. The van der Waals surface area contributed by atoms with Crippen LogP contribution in [-0.4, -0.2) is 6.34 Å². The zero-order valence-corrected chi connectivity index (χ0v) is 3.18. The second-order valence-corrected chi connectivity index (χ2v) is 0.887. The van der Waals surface area contributed by atoms with Gasteiger partial charge in [-0.15, -0.1) is 0 Å². The molecule has 0 aromatic carbocycles. The molecule has 0 unspecified atom stereocenters. The molecular weight excluding hydrogens is 78.1 g/mol. The second-order valence-electron chi connectivity index (χ2n) is 0.887. The van der Waals surface area contributed by atoms with Crippen LogP contribution in [0.2, 0.25) is 0 Å². The first kappa shape index (κ1) is 3.21. The summed E-state index contributed by atoms with van der Waals surface area (Å²) in [6, 6.07) is 0. The van der Waals surface area contributed by atoms with E-state index in [0.717, 1.165) is 0 Å². The van der Waals surface area contributed by atoms with E-state index in [9.17, 15) is 0 Å². The Labute approximate surface area is 35.7 Å². The third-order valence-electron chi connectivity index (χ3n) is 0.468. The predicted octanol–water partition coefficient (Wildman–Crippen LogP) is -1.07. The normalized spacial score (nSPS) is 16.0. The van der Waals surface area contributed by atoms with E-state index in [2.05, 4.69) is 15.8 Å². The van der Waals surface area contributed by atoms with Crippen molar-refractivity contribution in [2.75, 3.05) is 0 Å². The van der Waals surface area contributed by atoms with Gasteiger partial charge < -0.3 is 0 Å². The summed E-state index contributed by atoms with van der Waals surface area (Å²) >= 11 is 0. The van der Waals surface area contributed by atoms with Crippen LogP contribution in [0, 0.1) is 0 Å². The first-order valence-corrected chi connectivity index (χ1v) is 1.68. The summed E-state index contributed by atoms with van der Waals surface area (Å²) in [5.74, 6) is 0. The molecule has 0 saturated carbocycles. The van der Waals surface area contributed by atoms with Crippen LogP contribution in [0.25, 0.3) is 0 Å². The fourth-order valence-corrected chi connectivity index (χ4v) is 0.246. The van der Waals surface area contributed by atoms with Gasteiger partial charge >= 0.3 is 6.34 Å². The van der Waals surface area contributed by atoms with Crippen LogP contribution in [0.1, 0.15) is 0 Å². The van der Waals surface area contributed by atoms with E-state index in [1.807, 2.05) is 0 Å². The predicted molar refractivity (Wildman–Crippen MR) is 23.6 cm³/mol. The van der Waals surface area contributed by atoms with Crippen molar-refractivity contribution in [3.63, 3.8) is 0 Å². The van der Waals surface area contributed by atoms with Crippen molar-refractivity contribution in [2.24, 2.45) is 0 Å². The van der Waals surface area contributed by atoms with Gasteiger partial charge in [-0.25, -0.2) is 5.32 Å². The van der Waals surface area contributed by atoms with Gasteiger partial charge in [0.15, 0.2) is 0 Å². The fourth-order valence-electron chi connectivity index (χ4n) is 0.246. The Balaban J connectivity index is 2.40. The highest BCUT2D eigenvalue weighted by Crippen LogP contribution is 1.56. The molecule has 3 nitrogen and oxygen atoms in total. The summed E-state index contributed by atoms with van der Waals surface area (Å²) in [6.45, 7) is 0. The molecule has 0 aliphatic carbocycles. The number of hydrogen-bond acceptors (Lipinski definition) is 3. The van der Waals surface area contributed by atoms with Crippen molar-refractivity contribution >= 4 is 6.34 Å². The number of hydrazone groups is 1.